The predicted octanol–water partition coefficient (Wildman–Crippen LogP) is 19.5. The van der Waals surface area contributed by atoms with Gasteiger partial charge in [-0.05, 0) is 125 Å². The van der Waals surface area contributed by atoms with Crippen LogP contribution < -0.4 is 14.5 Å². The predicted molar refractivity (Wildman–Crippen MR) is 322 cm³/mol. The molecule has 0 N–H and O–H groups in total. The summed E-state index contributed by atoms with van der Waals surface area (Å²) in [7, 11) is 0. The van der Waals surface area contributed by atoms with E-state index in [1.54, 1.807) is 0 Å². The Morgan fingerprint density at radius 1 is 0.442 bits per heavy atom. The molecule has 0 spiro atoms. The van der Waals surface area contributed by atoms with Crippen LogP contribution in [0.5, 0.6) is 11.5 Å². The summed E-state index contributed by atoms with van der Waals surface area (Å²) in [6.45, 7) is 41.3. The van der Waals surface area contributed by atoms with E-state index in [1.807, 2.05) is 6.20 Å². The van der Waals surface area contributed by atoms with Gasteiger partial charge in [0.05, 0.1) is 0 Å². The molecule has 10 rings (SSSR count). The van der Waals surface area contributed by atoms with Gasteiger partial charge in [-0.3, -0.25) is 0 Å². The molecule has 1 aliphatic heterocycles. The van der Waals surface area contributed by atoms with Crippen LogP contribution in [0.2, 0.25) is 0 Å². The molecule has 0 bridgehead atoms. The number of hydrogen-bond acceptors (Lipinski definition) is 4. The van der Waals surface area contributed by atoms with Crippen LogP contribution in [-0.4, -0.2) is 9.55 Å². The van der Waals surface area contributed by atoms with E-state index in [4.69, 9.17) is 9.72 Å². The molecule has 0 aliphatic carbocycles. The van der Waals surface area contributed by atoms with E-state index in [1.165, 1.54) is 44.5 Å². The van der Waals surface area contributed by atoms with Gasteiger partial charge in [-0.15, -0.1) is 53.6 Å². The Bertz CT molecular complexity index is 3640. The van der Waals surface area contributed by atoms with Gasteiger partial charge in [0.15, 0.2) is 0 Å². The van der Waals surface area contributed by atoms with Gasteiger partial charge in [0, 0.05) is 61.3 Å². The molecule has 1 aliphatic rings. The third-order valence-corrected chi connectivity index (χ3v) is 15.5. The molecule has 2 aromatic heterocycles. The van der Waals surface area contributed by atoms with E-state index >= 15 is 0 Å². The minimum absolute atomic E-state index is 0. The summed E-state index contributed by atoms with van der Waals surface area (Å²) in [5.74, 6) is 2.06. The Labute approximate surface area is 475 Å². The maximum atomic E-state index is 7.16. The van der Waals surface area contributed by atoms with E-state index < -0.39 is 5.41 Å². The molecule has 7 aromatic carbocycles. The molecule has 0 radical (unpaired) electrons. The second-order valence-electron chi connectivity index (χ2n) is 26.9. The number of anilines is 4. The number of nitrogens with zero attached hydrogens (tertiary/aromatic N) is 4. The quantitative estimate of drug-likeness (QED) is 0.142. The third kappa shape index (κ3) is 10.8. The normalized spacial score (nSPS) is 13.6. The van der Waals surface area contributed by atoms with Gasteiger partial charge in [-0.2, -0.15) is 6.07 Å². The first-order valence-electron chi connectivity index (χ1n) is 27.2. The third-order valence-electron chi connectivity index (χ3n) is 15.5. The zero-order chi connectivity index (χ0) is 54.5. The first kappa shape index (κ1) is 55.3. The van der Waals surface area contributed by atoms with Gasteiger partial charge in [-0.1, -0.05) is 202 Å². The van der Waals surface area contributed by atoms with Crippen molar-refractivity contribution in [2.75, 3.05) is 9.80 Å². The van der Waals surface area contributed by atoms with Gasteiger partial charge in [0.2, 0.25) is 0 Å². The van der Waals surface area contributed by atoms with E-state index in [9.17, 15) is 0 Å². The Balaban J connectivity index is 0.00000722. The van der Waals surface area contributed by atoms with Crippen LogP contribution in [0.4, 0.5) is 22.7 Å². The average Bonchev–Trinajstić information content (AvgIpc) is 3.93. The number of fused-ring (bicyclic) bond motifs is 4. The van der Waals surface area contributed by atoms with E-state index in [2.05, 4.69) is 296 Å². The van der Waals surface area contributed by atoms with E-state index in [-0.39, 0.29) is 48.1 Å². The summed E-state index contributed by atoms with van der Waals surface area (Å²) in [6.07, 6.45) is 1.93. The molecular formula is C71H77N4OPt-3. The van der Waals surface area contributed by atoms with Crippen LogP contribution in [0.3, 0.4) is 0 Å². The molecule has 0 amide bonds. The molecule has 0 saturated carbocycles. The fourth-order valence-corrected chi connectivity index (χ4v) is 10.7. The summed E-state index contributed by atoms with van der Waals surface area (Å²) in [5.41, 5.74) is 16.5. The minimum Gasteiger partial charge on any atom is -0.509 e. The molecule has 9 aromatic rings. The number of hydrogen-bond donors (Lipinski definition) is 0. The first-order chi connectivity index (χ1) is 35.6. The van der Waals surface area contributed by atoms with Crippen LogP contribution in [0.25, 0.3) is 38.8 Å². The number of rotatable bonds is 8. The zero-order valence-corrected chi connectivity index (χ0v) is 50.8. The minimum atomic E-state index is -0.404. The molecule has 5 nitrogen and oxygen atoms in total. The molecule has 6 heteroatoms. The second-order valence-corrected chi connectivity index (χ2v) is 26.9. The average molecular weight is 1200 g/mol. The van der Waals surface area contributed by atoms with Crippen molar-refractivity contribution in [2.24, 2.45) is 0 Å². The van der Waals surface area contributed by atoms with Crippen molar-refractivity contribution in [2.45, 2.75) is 150 Å². The zero-order valence-electron chi connectivity index (χ0n) is 48.5. The van der Waals surface area contributed by atoms with Crippen LogP contribution in [0.1, 0.15) is 157 Å². The summed E-state index contributed by atoms with van der Waals surface area (Å²) in [6, 6.07) is 61.1. The maximum Gasteiger partial charge on any atom is 0.135 e. The summed E-state index contributed by atoms with van der Waals surface area (Å²) in [4.78, 5) is 9.75. The Morgan fingerprint density at radius 3 is 1.65 bits per heavy atom. The number of pyridine rings is 1. The largest absolute Gasteiger partial charge is 0.509 e. The smallest absolute Gasteiger partial charge is 0.135 e. The van der Waals surface area contributed by atoms with Gasteiger partial charge in [-0.25, -0.2) is 4.98 Å². The van der Waals surface area contributed by atoms with Crippen molar-refractivity contribution >= 4 is 44.6 Å². The maximum absolute atomic E-state index is 7.16. The van der Waals surface area contributed by atoms with Gasteiger partial charge in [0.1, 0.15) is 5.82 Å². The van der Waals surface area contributed by atoms with Gasteiger partial charge in [0.25, 0.3) is 0 Å². The number of ether oxygens (including phenoxy) is 1. The fraction of sp³-hybridized carbons (Fsp3) is 0.324. The number of benzene rings is 7. The summed E-state index contributed by atoms with van der Waals surface area (Å²) < 4.78 is 9.42. The topological polar surface area (TPSA) is 33.5 Å². The van der Waals surface area contributed by atoms with Crippen molar-refractivity contribution in [3.63, 3.8) is 0 Å². The van der Waals surface area contributed by atoms with Gasteiger partial charge >= 0.3 is 0 Å². The molecule has 0 atom stereocenters. The van der Waals surface area contributed by atoms with Crippen LogP contribution in [0.15, 0.2) is 152 Å². The second kappa shape index (κ2) is 19.8. The van der Waals surface area contributed by atoms with Crippen LogP contribution >= 0.6 is 0 Å². The van der Waals surface area contributed by atoms with Gasteiger partial charge < -0.3 is 19.1 Å². The summed E-state index contributed by atoms with van der Waals surface area (Å²) >= 11 is 0. The van der Waals surface area contributed by atoms with Crippen molar-refractivity contribution in [1.29, 1.82) is 0 Å². The standard InChI is InChI=1S/C71H77N4O.Pt/c1-66(2,3)49-28-31-61-58(39-49)57-30-29-55(42-62(57)75(61)65-40-50(32-33-72-65)67(4,5)6)76-56-38-52(71(16,17)48-26-22-19-23-27-48)37-54(41-56)74-45-73(63-43-59(69(10,11)12)60(44-64(63)74)70(13,14)15)53-35-47(46-24-20-18-21-25-46)34-51(36-53)68(7,8)9;/h18-40,43-45H,1-17H3;/q-3;. The molecule has 0 unspecified atom stereocenters. The van der Waals surface area contributed by atoms with Crippen molar-refractivity contribution in [1.82, 2.24) is 9.55 Å². The molecule has 3 heterocycles. The fourth-order valence-electron chi connectivity index (χ4n) is 10.7. The van der Waals surface area contributed by atoms with Crippen LogP contribution in [0, 0.1) is 18.8 Å². The molecule has 0 saturated heterocycles. The van der Waals surface area contributed by atoms with Crippen molar-refractivity contribution in [3.8, 4) is 28.4 Å². The molecule has 77 heavy (non-hydrogen) atoms. The SMILES string of the molecule is CC(C)(C)c1cc(-c2ccccc2)cc(N2[CH-]N(c3[c-]c(Oc4[c-]c5c(cc4)c4cc(C(C)(C)C)ccc4n5-c4cc(C(C)(C)C)ccn4)cc(C(C)(C)c4ccccc4)c3)c3cc(C(C)(C)C)c(C(C)(C)C)cc32)c1.[Pt]. The van der Waals surface area contributed by atoms with Crippen molar-refractivity contribution < 1.29 is 25.8 Å². The summed E-state index contributed by atoms with van der Waals surface area (Å²) in [5, 5.41) is 2.26. The molecular weight excluding hydrogens is 1120 g/mol. The van der Waals surface area contributed by atoms with E-state index in [0.29, 0.717) is 11.5 Å². The molecule has 0 fully saturated rings. The first-order valence-corrected chi connectivity index (χ1v) is 27.2. The Hall–Kier alpha value is -6.42. The van der Waals surface area contributed by atoms with Crippen LogP contribution in [-0.2, 0) is 53.6 Å². The Kier molecular flexibility index (Phi) is 14.2. The number of aromatic nitrogens is 2. The van der Waals surface area contributed by atoms with Crippen molar-refractivity contribution in [3.05, 3.63) is 210 Å². The monoisotopic (exact) mass is 1200 g/mol. The Morgan fingerprint density at radius 2 is 1.04 bits per heavy atom. The van der Waals surface area contributed by atoms with E-state index in [0.717, 1.165) is 55.9 Å². The molecule has 400 valence electrons.